The molecule has 2 rings (SSSR count). The molecule has 0 atom stereocenters. The van der Waals surface area contributed by atoms with Crippen molar-refractivity contribution in [2.24, 2.45) is 0 Å². The Balaban J connectivity index is -0.000000128. The summed E-state index contributed by atoms with van der Waals surface area (Å²) in [4.78, 5) is 0. The monoisotopic (exact) mass is 419 g/mol. The summed E-state index contributed by atoms with van der Waals surface area (Å²) in [5, 5.41) is 2.33. The first-order valence-electron chi connectivity index (χ1n) is 5.49. The molecule has 1 aromatic heterocycles. The fourth-order valence-electron chi connectivity index (χ4n) is 0.906. The van der Waals surface area contributed by atoms with Crippen LogP contribution in [0.5, 0.6) is 0 Å². The number of furan rings is 1. The Bertz CT molecular complexity index is 495. The molecule has 2 aromatic rings. The number of hydrogen-bond donors (Lipinski definition) is 0. The number of fused-ring (bicyclic) bond motifs is 1. The van der Waals surface area contributed by atoms with Crippen LogP contribution in [0.25, 0.3) is 10.8 Å². The van der Waals surface area contributed by atoms with Crippen molar-refractivity contribution in [3.63, 3.8) is 0 Å². The molecule has 0 fully saturated rings. The Morgan fingerprint density at radius 1 is 0.560 bits per heavy atom. The van der Waals surface area contributed by atoms with Crippen LogP contribution in [0, 0.1) is 0 Å². The molecular weight excluding hydrogens is 412 g/mol. The Kier molecular flexibility index (Phi) is 15.3. The third kappa shape index (κ3) is 40.0. The molecule has 142 valence electrons. The fourth-order valence-corrected chi connectivity index (χ4v) is 0.906. The molecule has 0 aliphatic rings. The van der Waals surface area contributed by atoms with E-state index in [-0.39, 0.29) is 52.8 Å². The zero-order valence-electron chi connectivity index (χ0n) is 13.1. The molecule has 0 saturated carbocycles. The van der Waals surface area contributed by atoms with Crippen LogP contribution < -0.4 is 51.4 Å². The quantitative estimate of drug-likeness (QED) is 0.472. The summed E-state index contributed by atoms with van der Waals surface area (Å²) in [5.41, 5.74) is 0. The van der Waals surface area contributed by atoms with Crippen LogP contribution in [0.2, 0.25) is 0 Å². The molecule has 0 spiro atoms. The van der Waals surface area contributed by atoms with E-state index in [4.69, 9.17) is 4.42 Å². The minimum Gasteiger partial charge on any atom is -1.00 e. The first-order chi connectivity index (χ1) is 10.5. The van der Waals surface area contributed by atoms with Crippen LogP contribution in [0.3, 0.4) is 0 Å². The second-order valence-corrected chi connectivity index (χ2v) is 3.49. The van der Waals surface area contributed by atoms with Crippen LogP contribution >= 0.6 is 0 Å². The van der Waals surface area contributed by atoms with E-state index in [1.807, 2.05) is 24.3 Å². The molecule has 0 saturated heterocycles. The third-order valence-electron chi connectivity index (χ3n) is 1.39. The summed E-state index contributed by atoms with van der Waals surface area (Å²) in [6.45, 7) is 0. The van der Waals surface area contributed by atoms with Gasteiger partial charge in [0, 0.05) is 10.8 Å². The van der Waals surface area contributed by atoms with Crippen molar-refractivity contribution in [3.8, 4) is 0 Å². The van der Waals surface area contributed by atoms with Gasteiger partial charge in [-0.25, -0.2) is 0 Å². The number of benzene rings is 1. The maximum Gasteiger partial charge on any atom is 1.00 e. The molecule has 1 aromatic carbocycles. The smallest absolute Gasteiger partial charge is 1.00 e. The summed E-state index contributed by atoms with van der Waals surface area (Å²) in [7, 11) is -18.0. The summed E-state index contributed by atoms with van der Waals surface area (Å²) in [5.74, 6) is 0. The van der Waals surface area contributed by atoms with Crippen molar-refractivity contribution in [1.82, 2.24) is 0 Å². The van der Waals surface area contributed by atoms with E-state index in [0.29, 0.717) is 0 Å². The normalized spacial score (nSPS) is 10.9. The molecule has 1 heterocycles. The maximum absolute atomic E-state index is 9.75. The molecule has 25 heavy (non-hydrogen) atoms. The van der Waals surface area contributed by atoms with Gasteiger partial charge >= 0.3 is 73.1 Å². The van der Waals surface area contributed by atoms with Crippen LogP contribution in [0.4, 0.5) is 51.8 Å². The van der Waals surface area contributed by atoms with Crippen molar-refractivity contribution in [2.75, 3.05) is 0 Å². The van der Waals surface area contributed by atoms with Gasteiger partial charge in [-0.05, 0) is 0 Å². The molecule has 0 bridgehead atoms. The number of halogens is 12. The molecular formula is C8H7B3F12KO-3. The maximum atomic E-state index is 9.75. The first-order valence-corrected chi connectivity index (χ1v) is 5.49. The molecule has 0 amide bonds. The zero-order chi connectivity index (χ0) is 19.6. The average molecular weight is 419 g/mol. The molecule has 0 aliphatic carbocycles. The standard InChI is InChI=1S/C8H6O.3BF4.K.H/c1-2-4-8-6-9-5-7(8)3-1;3*2-1(3,4)5;;/h1-6H;;;;;/q;3*-1;+1;-1. The molecule has 0 radical (unpaired) electrons. The van der Waals surface area contributed by atoms with E-state index in [0.717, 1.165) is 10.8 Å². The summed E-state index contributed by atoms with van der Waals surface area (Å²) < 4.78 is 122. The number of hydrogen-bond acceptors (Lipinski definition) is 1. The van der Waals surface area contributed by atoms with Crippen LogP contribution in [-0.4, -0.2) is 21.8 Å². The predicted molar refractivity (Wildman–Crippen MR) is 67.9 cm³/mol. The van der Waals surface area contributed by atoms with Gasteiger partial charge in [0.25, 0.3) is 0 Å². The fraction of sp³-hybridized carbons (Fsp3) is 0. The summed E-state index contributed by atoms with van der Waals surface area (Å²) in [6, 6.07) is 8.05. The van der Waals surface area contributed by atoms with Gasteiger partial charge < -0.3 is 57.6 Å². The summed E-state index contributed by atoms with van der Waals surface area (Å²) >= 11 is 0. The van der Waals surface area contributed by atoms with Gasteiger partial charge in [0.1, 0.15) is 0 Å². The van der Waals surface area contributed by atoms with Crippen LogP contribution in [-0.2, 0) is 0 Å². The van der Waals surface area contributed by atoms with Gasteiger partial charge in [-0.15, -0.1) is 0 Å². The van der Waals surface area contributed by atoms with Gasteiger partial charge in [-0.1, -0.05) is 24.3 Å². The minimum absolute atomic E-state index is 0. The largest absolute Gasteiger partial charge is 1.00 e. The van der Waals surface area contributed by atoms with Gasteiger partial charge in [-0.2, -0.15) is 0 Å². The minimum atomic E-state index is -6.00. The van der Waals surface area contributed by atoms with Gasteiger partial charge in [0.2, 0.25) is 0 Å². The Morgan fingerprint density at radius 3 is 0.960 bits per heavy atom. The van der Waals surface area contributed by atoms with Crippen molar-refractivity contribution in [2.45, 2.75) is 0 Å². The van der Waals surface area contributed by atoms with Crippen molar-refractivity contribution in [1.29, 1.82) is 0 Å². The Morgan fingerprint density at radius 2 is 0.760 bits per heavy atom. The van der Waals surface area contributed by atoms with Crippen LogP contribution in [0.15, 0.2) is 41.2 Å². The molecule has 0 unspecified atom stereocenters. The van der Waals surface area contributed by atoms with E-state index in [2.05, 4.69) is 0 Å². The topological polar surface area (TPSA) is 13.1 Å². The Hall–Kier alpha value is -0.249. The van der Waals surface area contributed by atoms with Crippen molar-refractivity contribution < 1.29 is 109 Å². The van der Waals surface area contributed by atoms with Gasteiger partial charge in [0.05, 0.1) is 12.5 Å². The van der Waals surface area contributed by atoms with Gasteiger partial charge in [-0.3, -0.25) is 0 Å². The zero-order valence-corrected chi connectivity index (χ0v) is 15.3. The van der Waals surface area contributed by atoms with Crippen molar-refractivity contribution >= 4 is 32.5 Å². The molecule has 0 N–H and O–H groups in total. The first kappa shape index (κ1) is 29.5. The average Bonchev–Trinajstić information content (AvgIpc) is 2.69. The molecule has 17 heteroatoms. The second kappa shape index (κ2) is 13.0. The van der Waals surface area contributed by atoms with E-state index < -0.39 is 21.8 Å². The van der Waals surface area contributed by atoms with Crippen LogP contribution in [0.1, 0.15) is 1.43 Å². The van der Waals surface area contributed by atoms with E-state index >= 15 is 0 Å². The third-order valence-corrected chi connectivity index (χ3v) is 1.39. The predicted octanol–water partition coefficient (Wildman–Crippen LogP) is 3.45. The van der Waals surface area contributed by atoms with Crippen molar-refractivity contribution in [3.05, 3.63) is 36.8 Å². The molecule has 1 nitrogen and oxygen atoms in total. The number of rotatable bonds is 0. The molecule has 0 aliphatic heterocycles. The van der Waals surface area contributed by atoms with Gasteiger partial charge in [0.15, 0.2) is 0 Å². The van der Waals surface area contributed by atoms with E-state index in [1.54, 1.807) is 12.5 Å². The van der Waals surface area contributed by atoms with E-state index in [9.17, 15) is 51.8 Å². The Labute approximate surface area is 177 Å². The summed E-state index contributed by atoms with van der Waals surface area (Å²) in [6.07, 6.45) is 3.49. The SMILES string of the molecule is F[B-](F)(F)F.F[B-](F)(F)F.F[B-](F)(F)F.[H-].[K+].c1ccc2cocc2c1. The van der Waals surface area contributed by atoms with E-state index in [1.165, 1.54) is 0 Å². The second-order valence-electron chi connectivity index (χ2n) is 3.49.